The Kier molecular flexibility index (Phi) is 4.51. The maximum absolute atomic E-state index is 9.24. The summed E-state index contributed by atoms with van der Waals surface area (Å²) in [6.45, 7) is 2.80. The molecule has 0 bridgehead atoms. The van der Waals surface area contributed by atoms with Gasteiger partial charge in [-0.05, 0) is 38.2 Å². The molecule has 0 aromatic heterocycles. The SMILES string of the molecule is CCOC1CC(Nc2cccc(SC)c2C#N)C1. The molecule has 2 rings (SSSR count). The number of thioether (sulfide) groups is 1. The molecule has 0 heterocycles. The van der Waals surface area contributed by atoms with Crippen molar-refractivity contribution in [3.05, 3.63) is 23.8 Å². The molecule has 1 aliphatic rings. The van der Waals surface area contributed by atoms with Crippen LogP contribution in [0.5, 0.6) is 0 Å². The van der Waals surface area contributed by atoms with Gasteiger partial charge in [0.2, 0.25) is 0 Å². The van der Waals surface area contributed by atoms with Gasteiger partial charge in [0.05, 0.1) is 17.4 Å². The normalized spacial score (nSPS) is 22.1. The minimum absolute atomic E-state index is 0.391. The van der Waals surface area contributed by atoms with E-state index in [2.05, 4.69) is 11.4 Å². The number of nitrogens with zero attached hydrogens (tertiary/aromatic N) is 1. The van der Waals surface area contributed by atoms with Crippen molar-refractivity contribution in [2.45, 2.75) is 36.8 Å². The minimum Gasteiger partial charge on any atom is -0.381 e. The molecular weight excluding hydrogens is 244 g/mol. The van der Waals surface area contributed by atoms with Gasteiger partial charge in [0.1, 0.15) is 6.07 Å². The van der Waals surface area contributed by atoms with Gasteiger partial charge in [0, 0.05) is 17.5 Å². The molecule has 1 fully saturated rings. The molecule has 96 valence electrons. The summed E-state index contributed by atoms with van der Waals surface area (Å²) in [4.78, 5) is 1.03. The van der Waals surface area contributed by atoms with Crippen LogP contribution in [0.4, 0.5) is 5.69 Å². The van der Waals surface area contributed by atoms with Crippen LogP contribution in [0.1, 0.15) is 25.3 Å². The molecule has 1 aromatic carbocycles. The second-order valence-corrected chi connectivity index (χ2v) is 5.23. The molecule has 0 atom stereocenters. The van der Waals surface area contributed by atoms with Crippen LogP contribution in [0.2, 0.25) is 0 Å². The van der Waals surface area contributed by atoms with Crippen LogP contribution >= 0.6 is 11.8 Å². The molecule has 0 saturated heterocycles. The third kappa shape index (κ3) is 2.80. The Balaban J connectivity index is 2.01. The molecule has 4 heteroatoms. The van der Waals surface area contributed by atoms with E-state index in [0.29, 0.717) is 12.1 Å². The standard InChI is InChI=1S/C14H18N2OS/c1-3-17-11-7-10(8-11)16-13-5-4-6-14(18-2)12(13)9-15/h4-6,10-11,16H,3,7-8H2,1-2H3. The van der Waals surface area contributed by atoms with Crippen molar-refractivity contribution in [1.82, 2.24) is 0 Å². The van der Waals surface area contributed by atoms with E-state index >= 15 is 0 Å². The fourth-order valence-electron chi connectivity index (χ4n) is 2.21. The number of nitrogens with one attached hydrogen (secondary N) is 1. The zero-order valence-corrected chi connectivity index (χ0v) is 11.6. The summed E-state index contributed by atoms with van der Waals surface area (Å²) in [5.74, 6) is 0. The van der Waals surface area contributed by atoms with Crippen LogP contribution in [-0.4, -0.2) is 25.0 Å². The first-order valence-corrected chi connectivity index (χ1v) is 7.46. The summed E-state index contributed by atoms with van der Waals surface area (Å²) in [7, 11) is 0. The van der Waals surface area contributed by atoms with Crippen LogP contribution in [-0.2, 0) is 4.74 Å². The van der Waals surface area contributed by atoms with Gasteiger partial charge in [-0.1, -0.05) is 6.07 Å². The van der Waals surface area contributed by atoms with Crippen molar-refractivity contribution in [2.24, 2.45) is 0 Å². The molecule has 0 amide bonds. The largest absolute Gasteiger partial charge is 0.381 e. The van der Waals surface area contributed by atoms with E-state index in [0.717, 1.165) is 35.6 Å². The van der Waals surface area contributed by atoms with Gasteiger partial charge in [0.15, 0.2) is 0 Å². The highest BCUT2D eigenvalue weighted by Gasteiger charge is 2.29. The predicted octanol–water partition coefficient (Wildman–Crippen LogP) is 3.26. The highest BCUT2D eigenvalue weighted by atomic mass is 32.2. The van der Waals surface area contributed by atoms with E-state index in [4.69, 9.17) is 4.74 Å². The first kappa shape index (κ1) is 13.3. The number of hydrogen-bond acceptors (Lipinski definition) is 4. The lowest BCUT2D eigenvalue weighted by Crippen LogP contribution is -2.41. The van der Waals surface area contributed by atoms with Crippen LogP contribution in [0.25, 0.3) is 0 Å². The van der Waals surface area contributed by atoms with Crippen LogP contribution in [0.15, 0.2) is 23.1 Å². The number of rotatable bonds is 5. The Labute approximate surface area is 113 Å². The zero-order chi connectivity index (χ0) is 13.0. The van der Waals surface area contributed by atoms with E-state index < -0.39 is 0 Å². The second kappa shape index (κ2) is 6.12. The van der Waals surface area contributed by atoms with E-state index in [1.54, 1.807) is 11.8 Å². The molecule has 1 saturated carbocycles. The lowest BCUT2D eigenvalue weighted by atomic mass is 9.89. The number of nitriles is 1. The Morgan fingerprint density at radius 3 is 2.89 bits per heavy atom. The molecule has 18 heavy (non-hydrogen) atoms. The molecule has 1 aromatic rings. The average Bonchev–Trinajstić information content (AvgIpc) is 2.35. The highest BCUT2D eigenvalue weighted by Crippen LogP contribution is 2.31. The first-order valence-electron chi connectivity index (χ1n) is 6.23. The van der Waals surface area contributed by atoms with Crippen molar-refractivity contribution in [2.75, 3.05) is 18.2 Å². The topological polar surface area (TPSA) is 45.0 Å². The maximum atomic E-state index is 9.24. The monoisotopic (exact) mass is 262 g/mol. The summed E-state index contributed by atoms with van der Waals surface area (Å²) in [5.41, 5.74) is 1.70. The van der Waals surface area contributed by atoms with Crippen molar-refractivity contribution in [3.63, 3.8) is 0 Å². The second-order valence-electron chi connectivity index (χ2n) is 4.38. The third-order valence-electron chi connectivity index (χ3n) is 3.21. The van der Waals surface area contributed by atoms with Gasteiger partial charge in [-0.15, -0.1) is 11.8 Å². The molecule has 0 unspecified atom stereocenters. The van der Waals surface area contributed by atoms with E-state index in [9.17, 15) is 5.26 Å². The van der Waals surface area contributed by atoms with Gasteiger partial charge >= 0.3 is 0 Å². The van der Waals surface area contributed by atoms with Crippen molar-refractivity contribution in [1.29, 1.82) is 5.26 Å². The number of hydrogen-bond donors (Lipinski definition) is 1. The summed E-state index contributed by atoms with van der Waals surface area (Å²) in [5, 5.41) is 12.7. The quantitative estimate of drug-likeness (QED) is 0.827. The lowest BCUT2D eigenvalue weighted by Gasteiger charge is -2.36. The van der Waals surface area contributed by atoms with E-state index in [1.807, 2.05) is 31.4 Å². The van der Waals surface area contributed by atoms with Crippen LogP contribution in [0.3, 0.4) is 0 Å². The highest BCUT2D eigenvalue weighted by molar-refractivity contribution is 7.98. The molecule has 1 aliphatic carbocycles. The molecule has 3 nitrogen and oxygen atoms in total. The van der Waals surface area contributed by atoms with Gasteiger partial charge in [-0.2, -0.15) is 5.26 Å². The lowest BCUT2D eigenvalue weighted by molar-refractivity contribution is 0.00298. The smallest absolute Gasteiger partial charge is 0.102 e. The molecule has 0 aliphatic heterocycles. The fourth-order valence-corrected chi connectivity index (χ4v) is 2.79. The van der Waals surface area contributed by atoms with E-state index in [1.165, 1.54) is 0 Å². The average molecular weight is 262 g/mol. The Hall–Kier alpha value is -1.18. The number of anilines is 1. The molecule has 0 radical (unpaired) electrons. The molecule has 1 N–H and O–H groups in total. The Morgan fingerprint density at radius 2 is 2.28 bits per heavy atom. The van der Waals surface area contributed by atoms with E-state index in [-0.39, 0.29) is 0 Å². The van der Waals surface area contributed by atoms with Crippen LogP contribution < -0.4 is 5.32 Å². The number of ether oxygens (including phenoxy) is 1. The van der Waals surface area contributed by atoms with Crippen LogP contribution in [0, 0.1) is 11.3 Å². The Bertz CT molecular complexity index is 450. The van der Waals surface area contributed by atoms with Gasteiger partial charge in [-0.3, -0.25) is 0 Å². The fraction of sp³-hybridized carbons (Fsp3) is 0.500. The van der Waals surface area contributed by atoms with Crippen molar-refractivity contribution >= 4 is 17.4 Å². The van der Waals surface area contributed by atoms with Crippen molar-refractivity contribution in [3.8, 4) is 6.07 Å². The summed E-state index contributed by atoms with van der Waals surface area (Å²) >= 11 is 1.61. The Morgan fingerprint density at radius 1 is 1.50 bits per heavy atom. The first-order chi connectivity index (χ1) is 8.78. The summed E-state index contributed by atoms with van der Waals surface area (Å²) in [6.07, 6.45) is 4.44. The maximum Gasteiger partial charge on any atom is 0.102 e. The molecular formula is C14H18N2OS. The summed E-state index contributed by atoms with van der Waals surface area (Å²) in [6, 6.07) is 8.68. The zero-order valence-electron chi connectivity index (χ0n) is 10.8. The minimum atomic E-state index is 0.391. The predicted molar refractivity (Wildman–Crippen MR) is 75.0 cm³/mol. The van der Waals surface area contributed by atoms with Gasteiger partial charge in [0.25, 0.3) is 0 Å². The molecule has 0 spiro atoms. The van der Waals surface area contributed by atoms with Gasteiger partial charge in [-0.25, -0.2) is 0 Å². The summed E-state index contributed by atoms with van der Waals surface area (Å²) < 4.78 is 5.54. The van der Waals surface area contributed by atoms with Crippen molar-refractivity contribution < 1.29 is 4.74 Å². The number of benzene rings is 1. The third-order valence-corrected chi connectivity index (χ3v) is 3.99. The van der Waals surface area contributed by atoms with Gasteiger partial charge < -0.3 is 10.1 Å².